The highest BCUT2D eigenvalue weighted by Gasteiger charge is 2.15. The van der Waals surface area contributed by atoms with Gasteiger partial charge in [-0.3, -0.25) is 9.59 Å². The third-order valence-electron chi connectivity index (χ3n) is 4.84. The Bertz CT molecular complexity index is 1280. The van der Waals surface area contributed by atoms with Crippen molar-refractivity contribution in [3.8, 4) is 0 Å². The number of carbonyl (C=O) groups is 2. The number of carbonyl (C=O) groups excluding carboxylic acids is 2. The molecule has 0 aliphatic heterocycles. The van der Waals surface area contributed by atoms with Crippen molar-refractivity contribution in [2.24, 2.45) is 7.05 Å². The van der Waals surface area contributed by atoms with Gasteiger partial charge in [-0.05, 0) is 36.4 Å². The van der Waals surface area contributed by atoms with Gasteiger partial charge in [0.25, 0.3) is 0 Å². The maximum absolute atomic E-state index is 12.5. The zero-order valence-electron chi connectivity index (χ0n) is 16.8. The molecule has 1 amide bonds. The van der Waals surface area contributed by atoms with Crippen LogP contribution in [0.4, 0.5) is 11.1 Å². The van der Waals surface area contributed by atoms with Gasteiger partial charge >= 0.3 is 0 Å². The topological polar surface area (TPSA) is 80.1 Å². The summed E-state index contributed by atoms with van der Waals surface area (Å²) in [7, 11) is 5.27. The molecule has 1 N–H and O–H groups in total. The Morgan fingerprint density at radius 2 is 1.90 bits per heavy atom. The summed E-state index contributed by atoms with van der Waals surface area (Å²) in [5.74, 6) is 0.490. The number of Topliss-reactive ketones (excluding diaryl/α,β-unsaturated/α-hetero) is 1. The number of thiazole rings is 1. The number of fused-ring (bicyclic) bond motifs is 2. The minimum atomic E-state index is -0.0738. The number of nitrogens with zero attached hydrogens (tertiary/aromatic N) is 4. The van der Waals surface area contributed by atoms with Crippen LogP contribution in [0.15, 0.2) is 36.4 Å². The van der Waals surface area contributed by atoms with Crippen LogP contribution in [-0.4, -0.2) is 45.2 Å². The van der Waals surface area contributed by atoms with Crippen molar-refractivity contribution in [2.45, 2.75) is 12.8 Å². The molecule has 4 rings (SSSR count). The number of aryl methyl sites for hydroxylation is 1. The minimum Gasteiger partial charge on any atom is -0.349 e. The molecule has 0 atom stereocenters. The number of hydrogen-bond donors (Lipinski definition) is 1. The molecule has 9 heteroatoms. The average molecular weight is 442 g/mol. The van der Waals surface area contributed by atoms with E-state index >= 15 is 0 Å². The van der Waals surface area contributed by atoms with Crippen molar-refractivity contribution < 1.29 is 9.59 Å². The first-order valence-corrected chi connectivity index (χ1v) is 10.5. The zero-order valence-corrected chi connectivity index (χ0v) is 18.3. The number of ketones is 1. The molecular weight excluding hydrogens is 422 g/mol. The van der Waals surface area contributed by atoms with E-state index in [1.807, 2.05) is 35.9 Å². The van der Waals surface area contributed by atoms with Crippen LogP contribution in [0.5, 0.6) is 0 Å². The Labute approximate surface area is 182 Å². The Hall–Kier alpha value is -2.97. The third kappa shape index (κ3) is 4.01. The van der Waals surface area contributed by atoms with Crippen LogP contribution in [0.3, 0.4) is 0 Å². The summed E-state index contributed by atoms with van der Waals surface area (Å²) < 4.78 is 2.90. The van der Waals surface area contributed by atoms with Gasteiger partial charge in [0, 0.05) is 44.6 Å². The zero-order chi connectivity index (χ0) is 21.4. The van der Waals surface area contributed by atoms with Gasteiger partial charge < -0.3 is 14.8 Å². The lowest BCUT2D eigenvalue weighted by Crippen LogP contribution is -2.22. The van der Waals surface area contributed by atoms with Crippen LogP contribution in [-0.2, 0) is 11.8 Å². The van der Waals surface area contributed by atoms with E-state index in [1.165, 1.54) is 16.2 Å². The van der Waals surface area contributed by atoms with Gasteiger partial charge in [-0.2, -0.15) is 0 Å². The van der Waals surface area contributed by atoms with E-state index in [-0.39, 0.29) is 24.5 Å². The van der Waals surface area contributed by atoms with Gasteiger partial charge in [0.15, 0.2) is 10.9 Å². The van der Waals surface area contributed by atoms with E-state index in [1.54, 1.807) is 26.2 Å². The van der Waals surface area contributed by atoms with Crippen molar-refractivity contribution in [3.63, 3.8) is 0 Å². The Morgan fingerprint density at radius 3 is 2.67 bits per heavy atom. The number of rotatable bonds is 6. The Balaban J connectivity index is 1.57. The predicted molar refractivity (Wildman–Crippen MR) is 121 cm³/mol. The summed E-state index contributed by atoms with van der Waals surface area (Å²) in [4.78, 5) is 34.9. The predicted octanol–water partition coefficient (Wildman–Crippen LogP) is 4.63. The molecule has 2 heterocycles. The highest BCUT2D eigenvalue weighted by atomic mass is 35.5. The number of amides is 1. The second kappa shape index (κ2) is 8.04. The fourth-order valence-electron chi connectivity index (χ4n) is 3.12. The van der Waals surface area contributed by atoms with E-state index in [2.05, 4.69) is 15.3 Å². The molecule has 0 saturated heterocycles. The molecule has 30 heavy (non-hydrogen) atoms. The van der Waals surface area contributed by atoms with Gasteiger partial charge in [-0.1, -0.05) is 22.9 Å². The molecule has 0 saturated carbocycles. The largest absolute Gasteiger partial charge is 0.349 e. The van der Waals surface area contributed by atoms with E-state index in [9.17, 15) is 9.59 Å². The van der Waals surface area contributed by atoms with Crippen molar-refractivity contribution in [1.82, 2.24) is 19.4 Å². The van der Waals surface area contributed by atoms with Crippen LogP contribution in [0, 0.1) is 0 Å². The number of nitrogens with one attached hydrogen (secondary N) is 1. The fourth-order valence-corrected chi connectivity index (χ4v) is 4.26. The lowest BCUT2D eigenvalue weighted by atomic mass is 10.1. The second-order valence-corrected chi connectivity index (χ2v) is 8.63. The lowest BCUT2D eigenvalue weighted by molar-refractivity contribution is -0.128. The lowest BCUT2D eigenvalue weighted by Gasteiger charge is -2.09. The first kappa shape index (κ1) is 20.3. The van der Waals surface area contributed by atoms with Crippen LogP contribution >= 0.6 is 22.9 Å². The summed E-state index contributed by atoms with van der Waals surface area (Å²) in [5.41, 5.74) is 3.01. The summed E-state index contributed by atoms with van der Waals surface area (Å²) in [6, 6.07) is 11.0. The van der Waals surface area contributed by atoms with Crippen LogP contribution < -0.4 is 5.32 Å². The summed E-state index contributed by atoms with van der Waals surface area (Å²) in [5, 5.41) is 4.64. The smallest absolute Gasteiger partial charge is 0.222 e. The highest BCUT2D eigenvalue weighted by molar-refractivity contribution is 7.22. The number of hydrogen-bond acceptors (Lipinski definition) is 6. The average Bonchev–Trinajstić information content (AvgIpc) is 3.25. The molecular formula is C21H20ClN5O2S. The Kier molecular flexibility index (Phi) is 5.44. The number of anilines is 2. The first-order chi connectivity index (χ1) is 14.3. The molecule has 154 valence electrons. The SMILES string of the molecule is CN(C)C(=O)CCC(=O)c1ccc2c(c1)nc(Nc1nc3ccc(Cl)cc3s1)n2C. The quantitative estimate of drug-likeness (QED) is 0.441. The number of aromatic nitrogens is 3. The fraction of sp³-hybridized carbons (Fsp3) is 0.238. The van der Waals surface area contributed by atoms with Crippen molar-refractivity contribution in [1.29, 1.82) is 0 Å². The molecule has 0 fully saturated rings. The molecule has 0 unspecified atom stereocenters. The maximum atomic E-state index is 12.5. The van der Waals surface area contributed by atoms with Crippen LogP contribution in [0.2, 0.25) is 5.02 Å². The number of imidazole rings is 1. The van der Waals surface area contributed by atoms with Gasteiger partial charge in [-0.25, -0.2) is 9.97 Å². The first-order valence-electron chi connectivity index (χ1n) is 9.35. The van der Waals surface area contributed by atoms with Crippen molar-refractivity contribution in [3.05, 3.63) is 47.0 Å². The van der Waals surface area contributed by atoms with Crippen molar-refractivity contribution >= 4 is 67.0 Å². The molecule has 2 aromatic carbocycles. The third-order valence-corrected chi connectivity index (χ3v) is 6.01. The summed E-state index contributed by atoms with van der Waals surface area (Å²) in [6.45, 7) is 0. The van der Waals surface area contributed by atoms with E-state index < -0.39 is 0 Å². The molecule has 0 bridgehead atoms. The van der Waals surface area contributed by atoms with Crippen LogP contribution in [0.1, 0.15) is 23.2 Å². The monoisotopic (exact) mass is 441 g/mol. The normalized spacial score (nSPS) is 11.2. The maximum Gasteiger partial charge on any atom is 0.222 e. The minimum absolute atomic E-state index is 0.0640. The second-order valence-electron chi connectivity index (χ2n) is 7.17. The molecule has 0 spiro atoms. The molecule has 0 aliphatic carbocycles. The van der Waals surface area contributed by atoms with E-state index in [4.69, 9.17) is 11.6 Å². The number of halogens is 1. The molecule has 4 aromatic rings. The Morgan fingerprint density at radius 1 is 1.10 bits per heavy atom. The molecule has 7 nitrogen and oxygen atoms in total. The summed E-state index contributed by atoms with van der Waals surface area (Å²) >= 11 is 7.55. The molecule has 0 aliphatic rings. The van der Waals surface area contributed by atoms with E-state index in [0.717, 1.165) is 15.7 Å². The van der Waals surface area contributed by atoms with Gasteiger partial charge in [0.2, 0.25) is 11.9 Å². The van der Waals surface area contributed by atoms with Gasteiger partial charge in [-0.15, -0.1) is 0 Å². The van der Waals surface area contributed by atoms with Crippen LogP contribution in [0.25, 0.3) is 21.3 Å². The van der Waals surface area contributed by atoms with Gasteiger partial charge in [0.05, 0.1) is 21.3 Å². The van der Waals surface area contributed by atoms with Crippen molar-refractivity contribution in [2.75, 3.05) is 19.4 Å². The van der Waals surface area contributed by atoms with Gasteiger partial charge in [0.1, 0.15) is 0 Å². The summed E-state index contributed by atoms with van der Waals surface area (Å²) in [6.07, 6.45) is 0.370. The number of benzene rings is 2. The molecule has 0 radical (unpaired) electrons. The van der Waals surface area contributed by atoms with E-state index in [0.29, 0.717) is 27.2 Å². The highest BCUT2D eigenvalue weighted by Crippen LogP contribution is 2.31. The standard InChI is InChI=1S/C21H20ClN5O2S/c1-26(2)19(29)9-8-17(28)12-4-7-16-15(10-12)23-20(27(16)3)25-21-24-14-6-5-13(22)11-18(14)30-21/h4-7,10-11H,8-9H2,1-3H3,(H,23,24,25). The molecule has 2 aromatic heterocycles.